The Balaban J connectivity index is 1.31. The molecule has 1 aliphatic rings. The summed E-state index contributed by atoms with van der Waals surface area (Å²) in [5.74, 6) is 0.596. The van der Waals surface area contributed by atoms with Crippen molar-refractivity contribution in [2.75, 3.05) is 38.7 Å². The van der Waals surface area contributed by atoms with Gasteiger partial charge in [-0.1, -0.05) is 22.9 Å². The average Bonchev–Trinajstić information content (AvgIpc) is 3.52. The Morgan fingerprint density at radius 2 is 2.00 bits per heavy atom. The highest BCUT2D eigenvalue weighted by Crippen LogP contribution is 2.29. The number of anilines is 1. The molecule has 0 unspecified atom stereocenters. The average molecular weight is 524 g/mol. The second-order valence-corrected chi connectivity index (χ2v) is 9.26. The minimum absolute atomic E-state index is 0.305. The third kappa shape index (κ3) is 5.71. The highest BCUT2D eigenvalue weighted by Gasteiger charge is 2.15. The predicted molar refractivity (Wildman–Crippen MR) is 142 cm³/mol. The summed E-state index contributed by atoms with van der Waals surface area (Å²) < 4.78 is 14.5. The molecule has 1 saturated heterocycles. The maximum absolute atomic E-state index is 12.8. The van der Waals surface area contributed by atoms with Crippen molar-refractivity contribution in [2.24, 2.45) is 0 Å². The van der Waals surface area contributed by atoms with Crippen molar-refractivity contribution in [2.45, 2.75) is 26.6 Å². The first kappa shape index (κ1) is 25.1. The number of halogens is 1. The topological polar surface area (TPSA) is 98.5 Å². The quantitative estimate of drug-likeness (QED) is 0.361. The van der Waals surface area contributed by atoms with Gasteiger partial charge in [0.15, 0.2) is 0 Å². The van der Waals surface area contributed by atoms with Crippen LogP contribution in [0.1, 0.15) is 18.2 Å². The van der Waals surface area contributed by atoms with Gasteiger partial charge in [-0.05, 0) is 42.8 Å². The van der Waals surface area contributed by atoms with Crippen LogP contribution in [0.2, 0.25) is 5.02 Å². The van der Waals surface area contributed by atoms with Crippen LogP contribution in [0.25, 0.3) is 16.6 Å². The number of carbonyl (C=O) groups excluding carboxylic acids is 1. The zero-order valence-electron chi connectivity index (χ0n) is 20.9. The van der Waals surface area contributed by atoms with E-state index in [-0.39, 0.29) is 6.03 Å². The zero-order valence-corrected chi connectivity index (χ0v) is 21.7. The summed E-state index contributed by atoms with van der Waals surface area (Å²) >= 11 is 6.20. The molecular weight excluding hydrogens is 494 g/mol. The lowest BCUT2D eigenvalue weighted by Crippen LogP contribution is -2.35. The van der Waals surface area contributed by atoms with Crippen molar-refractivity contribution in [3.63, 3.8) is 0 Å². The van der Waals surface area contributed by atoms with Gasteiger partial charge in [0, 0.05) is 44.3 Å². The van der Waals surface area contributed by atoms with E-state index < -0.39 is 0 Å². The van der Waals surface area contributed by atoms with E-state index in [1.165, 1.54) is 0 Å². The number of carbonyl (C=O) groups is 1. The van der Waals surface area contributed by atoms with Crippen molar-refractivity contribution >= 4 is 34.2 Å². The molecule has 0 saturated carbocycles. The number of urea groups is 1. The molecule has 5 rings (SSSR count). The first-order valence-electron chi connectivity index (χ1n) is 12.3. The van der Waals surface area contributed by atoms with Gasteiger partial charge in [-0.2, -0.15) is 0 Å². The summed E-state index contributed by atoms with van der Waals surface area (Å²) in [6, 6.07) is 11.2. The molecule has 194 valence electrons. The number of benzene rings is 2. The molecule has 4 aromatic rings. The number of hydrogen-bond donors (Lipinski definition) is 2. The molecule has 11 heteroatoms. The highest BCUT2D eigenvalue weighted by molar-refractivity contribution is 6.32. The molecule has 10 nitrogen and oxygen atoms in total. The smallest absolute Gasteiger partial charge is 0.319 e. The number of rotatable bonds is 8. The van der Waals surface area contributed by atoms with Crippen LogP contribution in [0.5, 0.6) is 5.75 Å². The molecule has 2 aromatic heterocycles. The lowest BCUT2D eigenvalue weighted by molar-refractivity contribution is 0.0336. The van der Waals surface area contributed by atoms with Gasteiger partial charge in [0.1, 0.15) is 5.75 Å². The van der Waals surface area contributed by atoms with Gasteiger partial charge in [-0.3, -0.25) is 4.90 Å². The minimum Gasteiger partial charge on any atom is -0.495 e. The Hall–Kier alpha value is -3.60. The molecule has 0 aliphatic carbocycles. The minimum atomic E-state index is -0.305. The summed E-state index contributed by atoms with van der Waals surface area (Å²) in [6.45, 7) is 7.20. The van der Waals surface area contributed by atoms with Gasteiger partial charge in [-0.25, -0.2) is 9.48 Å². The summed E-state index contributed by atoms with van der Waals surface area (Å²) in [6.07, 6.45) is 3.90. The summed E-state index contributed by atoms with van der Waals surface area (Å²) in [7, 11) is 1.57. The Morgan fingerprint density at radius 3 is 2.76 bits per heavy atom. The molecule has 0 spiro atoms. The lowest BCUT2D eigenvalue weighted by atomic mass is 10.2. The second-order valence-electron chi connectivity index (χ2n) is 8.85. The van der Waals surface area contributed by atoms with Gasteiger partial charge < -0.3 is 24.7 Å². The van der Waals surface area contributed by atoms with Crippen LogP contribution in [-0.2, 0) is 24.4 Å². The van der Waals surface area contributed by atoms with Crippen LogP contribution in [0.3, 0.4) is 0 Å². The van der Waals surface area contributed by atoms with E-state index in [0.717, 1.165) is 72.9 Å². The van der Waals surface area contributed by atoms with E-state index in [1.807, 2.05) is 36.7 Å². The van der Waals surface area contributed by atoms with Crippen LogP contribution >= 0.6 is 11.6 Å². The number of aromatic nitrogens is 4. The SMILES string of the molecule is CCn1cc(NC(=O)NCc2ccc(OC)c(Cl)c2)c2cc(-n3cc(CN4CCOCC4)nn3)ccc21. The molecule has 1 fully saturated rings. The first-order valence-corrected chi connectivity index (χ1v) is 12.6. The largest absolute Gasteiger partial charge is 0.495 e. The van der Waals surface area contributed by atoms with E-state index >= 15 is 0 Å². The highest BCUT2D eigenvalue weighted by atomic mass is 35.5. The number of nitrogens with zero attached hydrogens (tertiary/aromatic N) is 5. The van der Waals surface area contributed by atoms with Gasteiger partial charge in [0.05, 0.1) is 54.1 Å². The first-order chi connectivity index (χ1) is 18.0. The molecule has 0 bridgehead atoms. The number of morpholine rings is 1. The van der Waals surface area contributed by atoms with Crippen LogP contribution in [0.15, 0.2) is 48.8 Å². The number of ether oxygens (including phenoxy) is 2. The molecule has 1 aliphatic heterocycles. The molecular formula is C26H30ClN7O3. The van der Waals surface area contributed by atoms with E-state index in [0.29, 0.717) is 17.3 Å². The van der Waals surface area contributed by atoms with Crippen molar-refractivity contribution in [1.82, 2.24) is 29.8 Å². The Morgan fingerprint density at radius 1 is 1.16 bits per heavy atom. The van der Waals surface area contributed by atoms with Crippen molar-refractivity contribution in [1.29, 1.82) is 0 Å². The summed E-state index contributed by atoms with van der Waals surface area (Å²) in [5.41, 5.74) is 4.40. The van der Waals surface area contributed by atoms with Crippen molar-refractivity contribution < 1.29 is 14.3 Å². The molecule has 2 aromatic carbocycles. The molecule has 0 atom stereocenters. The van der Waals surface area contributed by atoms with Crippen molar-refractivity contribution in [3.05, 3.63) is 65.1 Å². The number of methoxy groups -OCH3 is 1. The van der Waals surface area contributed by atoms with Crippen LogP contribution in [0.4, 0.5) is 10.5 Å². The summed E-state index contributed by atoms with van der Waals surface area (Å²) in [4.78, 5) is 15.1. The van der Waals surface area contributed by atoms with Crippen molar-refractivity contribution in [3.8, 4) is 11.4 Å². The number of aryl methyl sites for hydroxylation is 1. The molecule has 0 radical (unpaired) electrons. The molecule has 37 heavy (non-hydrogen) atoms. The third-order valence-corrected chi connectivity index (χ3v) is 6.71. The fourth-order valence-corrected chi connectivity index (χ4v) is 4.72. The van der Waals surface area contributed by atoms with E-state index in [1.54, 1.807) is 23.9 Å². The van der Waals surface area contributed by atoms with Crippen LogP contribution in [0, 0.1) is 0 Å². The predicted octanol–water partition coefficient (Wildman–Crippen LogP) is 4.06. The van der Waals surface area contributed by atoms with Crippen LogP contribution < -0.4 is 15.4 Å². The van der Waals surface area contributed by atoms with E-state index in [9.17, 15) is 4.79 Å². The number of fused-ring (bicyclic) bond motifs is 1. The Bertz CT molecular complexity index is 1390. The Labute approximate surface area is 220 Å². The lowest BCUT2D eigenvalue weighted by Gasteiger charge is -2.25. The molecule has 2 amide bonds. The number of amides is 2. The third-order valence-electron chi connectivity index (χ3n) is 6.42. The molecule has 2 N–H and O–H groups in total. The number of hydrogen-bond acceptors (Lipinski definition) is 6. The van der Waals surface area contributed by atoms with Crippen LogP contribution in [-0.4, -0.2) is 63.9 Å². The van der Waals surface area contributed by atoms with E-state index in [4.69, 9.17) is 21.1 Å². The number of nitrogens with one attached hydrogen (secondary N) is 2. The zero-order chi connectivity index (χ0) is 25.8. The normalized spacial score (nSPS) is 14.1. The standard InChI is InChI=1S/C26H30ClN7O3/c1-3-33-17-23(29-26(35)28-14-18-4-7-25(36-2)22(27)12-18)21-13-20(5-6-24(21)33)34-16-19(30-31-34)15-32-8-10-37-11-9-32/h4-7,12-13,16-17H,3,8-11,14-15H2,1-2H3,(H2,28,29,35). The maximum Gasteiger partial charge on any atom is 0.319 e. The van der Waals surface area contributed by atoms with Gasteiger partial charge in [0.2, 0.25) is 0 Å². The maximum atomic E-state index is 12.8. The monoisotopic (exact) mass is 523 g/mol. The van der Waals surface area contributed by atoms with Gasteiger partial charge in [0.25, 0.3) is 0 Å². The van der Waals surface area contributed by atoms with Gasteiger partial charge in [-0.15, -0.1) is 5.10 Å². The van der Waals surface area contributed by atoms with Gasteiger partial charge >= 0.3 is 6.03 Å². The summed E-state index contributed by atoms with van der Waals surface area (Å²) in [5, 5.41) is 16.0. The fourth-order valence-electron chi connectivity index (χ4n) is 4.44. The Kier molecular flexibility index (Phi) is 7.59. The molecule has 3 heterocycles. The van der Waals surface area contributed by atoms with E-state index in [2.05, 4.69) is 37.3 Å². The fraction of sp³-hybridized carbons (Fsp3) is 0.346. The second kappa shape index (κ2) is 11.2.